The van der Waals surface area contributed by atoms with Crippen molar-refractivity contribution in [3.8, 4) is 11.5 Å². The number of aryl methyl sites for hydroxylation is 1. The van der Waals surface area contributed by atoms with Crippen LogP contribution in [0.1, 0.15) is 70.8 Å². The average molecular weight is 581 g/mol. The number of aromatic nitrogens is 1. The summed E-state index contributed by atoms with van der Waals surface area (Å²) in [6, 6.07) is 4.49. The molecular formula is C32H44N4O6. The maximum atomic E-state index is 14.0. The predicted molar refractivity (Wildman–Crippen MR) is 160 cm³/mol. The van der Waals surface area contributed by atoms with Crippen LogP contribution in [0.3, 0.4) is 0 Å². The third-order valence-electron chi connectivity index (χ3n) is 9.02. The van der Waals surface area contributed by atoms with Gasteiger partial charge in [0.05, 0.1) is 31.8 Å². The number of pyridine rings is 1. The molecular weight excluding hydrogens is 536 g/mol. The van der Waals surface area contributed by atoms with Gasteiger partial charge in [-0.15, -0.1) is 0 Å². The van der Waals surface area contributed by atoms with E-state index in [0.29, 0.717) is 18.0 Å². The van der Waals surface area contributed by atoms with Gasteiger partial charge in [-0.1, -0.05) is 33.1 Å². The van der Waals surface area contributed by atoms with Crippen LogP contribution in [0.5, 0.6) is 11.5 Å². The molecule has 0 spiro atoms. The number of alkyl carbamates (subject to hydrolysis) is 1. The fraction of sp³-hybridized carbons (Fsp3) is 0.625. The standard InChI is InChI=1S/C32H44N4O6/c1-32(2)12-8-11-21-13-24-25(15-26(21)40-4)34-28(33-3)16-27(24)42-23-14-22(18-37)36(17-23)30(38)29(35-31(39)41-19-32)20-9-6-5-7-10-20/h13,15-16,18,20,22-23,29H,5-12,14,17,19H2,1-4H3,(H,33,34)(H,35,39)/t22-,23+,29-/m0/s1. The first-order chi connectivity index (χ1) is 20.2. The van der Waals surface area contributed by atoms with Gasteiger partial charge in [0.2, 0.25) is 5.91 Å². The maximum absolute atomic E-state index is 14.0. The zero-order valence-electron chi connectivity index (χ0n) is 25.2. The number of anilines is 1. The number of ether oxygens (including phenoxy) is 3. The molecule has 2 N–H and O–H groups in total. The van der Waals surface area contributed by atoms with E-state index in [2.05, 4.69) is 30.5 Å². The van der Waals surface area contributed by atoms with Crippen LogP contribution in [-0.2, 0) is 20.7 Å². The van der Waals surface area contributed by atoms with E-state index >= 15 is 0 Å². The molecule has 0 unspecified atom stereocenters. The van der Waals surface area contributed by atoms with Crippen LogP contribution in [0, 0.1) is 11.3 Å². The van der Waals surface area contributed by atoms with Crippen LogP contribution in [0.15, 0.2) is 18.2 Å². The second-order valence-corrected chi connectivity index (χ2v) is 12.7. The van der Waals surface area contributed by atoms with Gasteiger partial charge in [0.1, 0.15) is 35.7 Å². The van der Waals surface area contributed by atoms with E-state index in [1.165, 1.54) is 0 Å². The van der Waals surface area contributed by atoms with Gasteiger partial charge < -0.3 is 34.5 Å². The summed E-state index contributed by atoms with van der Waals surface area (Å²) in [6.07, 6.45) is 7.49. The Hall–Kier alpha value is -3.56. The summed E-state index contributed by atoms with van der Waals surface area (Å²) in [5, 5.41) is 6.88. The van der Waals surface area contributed by atoms with Crippen molar-refractivity contribution in [3.05, 3.63) is 23.8 Å². The van der Waals surface area contributed by atoms with E-state index in [1.807, 2.05) is 12.1 Å². The van der Waals surface area contributed by atoms with Gasteiger partial charge in [0.25, 0.3) is 0 Å². The highest BCUT2D eigenvalue weighted by molar-refractivity contribution is 5.90. The van der Waals surface area contributed by atoms with Gasteiger partial charge in [-0.3, -0.25) is 4.79 Å². The fourth-order valence-electron chi connectivity index (χ4n) is 6.64. The number of cyclic esters (lactones) is 1. The zero-order chi connectivity index (χ0) is 29.9. The normalized spacial score (nSPS) is 25.6. The molecule has 10 nitrogen and oxygen atoms in total. The van der Waals surface area contributed by atoms with E-state index < -0.39 is 24.3 Å². The van der Waals surface area contributed by atoms with Crippen LogP contribution in [0.2, 0.25) is 0 Å². The Morgan fingerprint density at radius 1 is 1.14 bits per heavy atom. The minimum atomic E-state index is -0.742. The number of fused-ring (bicyclic) bond motifs is 3. The molecule has 5 rings (SSSR count). The van der Waals surface area contributed by atoms with E-state index in [4.69, 9.17) is 19.2 Å². The Balaban J connectivity index is 1.53. The van der Waals surface area contributed by atoms with E-state index in [0.717, 1.165) is 79.9 Å². The molecule has 0 radical (unpaired) electrons. The molecule has 3 heterocycles. The molecule has 228 valence electrons. The quantitative estimate of drug-likeness (QED) is 0.492. The van der Waals surface area contributed by atoms with Crippen LogP contribution in [0.25, 0.3) is 10.9 Å². The van der Waals surface area contributed by atoms with Gasteiger partial charge in [-0.05, 0) is 55.1 Å². The highest BCUT2D eigenvalue weighted by Crippen LogP contribution is 2.37. The smallest absolute Gasteiger partial charge is 0.407 e. The minimum Gasteiger partial charge on any atom is -0.496 e. The second-order valence-electron chi connectivity index (χ2n) is 12.7. The Bertz CT molecular complexity index is 1310. The number of nitrogens with zero attached hydrogens (tertiary/aromatic N) is 2. The molecule has 4 bridgehead atoms. The van der Waals surface area contributed by atoms with E-state index in [9.17, 15) is 14.4 Å². The number of amides is 2. The Morgan fingerprint density at radius 2 is 1.93 bits per heavy atom. The average Bonchev–Trinajstić information content (AvgIpc) is 3.41. The van der Waals surface area contributed by atoms with Crippen molar-refractivity contribution in [2.45, 2.75) is 89.8 Å². The number of hydrogen-bond donors (Lipinski definition) is 2. The zero-order valence-corrected chi connectivity index (χ0v) is 25.2. The molecule has 1 aliphatic carbocycles. The molecule has 2 amide bonds. The lowest BCUT2D eigenvalue weighted by Crippen LogP contribution is -2.54. The van der Waals surface area contributed by atoms with Crippen molar-refractivity contribution >= 4 is 35.0 Å². The summed E-state index contributed by atoms with van der Waals surface area (Å²) in [7, 11) is 3.46. The molecule has 1 aromatic carbocycles. The predicted octanol–water partition coefficient (Wildman–Crippen LogP) is 4.87. The van der Waals surface area contributed by atoms with Crippen molar-refractivity contribution in [2.75, 3.05) is 32.6 Å². The lowest BCUT2D eigenvalue weighted by molar-refractivity contribution is -0.138. The highest BCUT2D eigenvalue weighted by Gasteiger charge is 2.42. The van der Waals surface area contributed by atoms with Crippen molar-refractivity contribution in [3.63, 3.8) is 0 Å². The Labute approximate surface area is 247 Å². The van der Waals surface area contributed by atoms with Gasteiger partial charge in [0.15, 0.2) is 0 Å². The number of benzene rings is 1. The first-order valence-electron chi connectivity index (χ1n) is 15.3. The molecule has 2 aromatic rings. The van der Waals surface area contributed by atoms with Crippen LogP contribution >= 0.6 is 0 Å². The highest BCUT2D eigenvalue weighted by atomic mass is 16.5. The minimum absolute atomic E-state index is 0.000376. The summed E-state index contributed by atoms with van der Waals surface area (Å²) in [5.41, 5.74) is 1.51. The molecule has 1 saturated heterocycles. The summed E-state index contributed by atoms with van der Waals surface area (Å²) >= 11 is 0. The molecule has 1 aromatic heterocycles. The molecule has 3 atom stereocenters. The Kier molecular flexibility index (Phi) is 9.08. The van der Waals surface area contributed by atoms with Crippen LogP contribution < -0.4 is 20.1 Å². The van der Waals surface area contributed by atoms with Crippen molar-refractivity contribution in [1.82, 2.24) is 15.2 Å². The number of rotatable bonds is 4. The molecule has 10 heteroatoms. The van der Waals surface area contributed by atoms with Crippen LogP contribution in [-0.4, -0.2) is 73.7 Å². The summed E-state index contributed by atoms with van der Waals surface area (Å²) in [4.78, 5) is 45.7. The monoisotopic (exact) mass is 580 g/mol. The third-order valence-corrected chi connectivity index (χ3v) is 9.02. The second kappa shape index (κ2) is 12.8. The summed E-state index contributed by atoms with van der Waals surface area (Å²) < 4.78 is 18.0. The Morgan fingerprint density at radius 3 is 2.64 bits per heavy atom. The molecule has 2 fully saturated rings. The molecule has 42 heavy (non-hydrogen) atoms. The largest absolute Gasteiger partial charge is 0.496 e. The third kappa shape index (κ3) is 6.57. The van der Waals surface area contributed by atoms with Crippen molar-refractivity contribution in [2.24, 2.45) is 11.3 Å². The summed E-state index contributed by atoms with van der Waals surface area (Å²) in [6.45, 7) is 4.63. The SMILES string of the molecule is CNc1cc2c3cc(c(OC)cc3n1)CCCC(C)(C)COC(=O)N[C@@H](C1CCCCC1)C(=O)N1C[C@@H](C[C@H]1C=O)O2. The first-order valence-corrected chi connectivity index (χ1v) is 15.3. The topological polar surface area (TPSA) is 119 Å². The number of methoxy groups -OCH3 is 1. The number of hydrogen-bond acceptors (Lipinski definition) is 8. The summed E-state index contributed by atoms with van der Waals surface area (Å²) in [5.74, 6) is 1.80. The van der Waals surface area contributed by atoms with Crippen molar-refractivity contribution in [1.29, 1.82) is 0 Å². The van der Waals surface area contributed by atoms with Gasteiger partial charge >= 0.3 is 6.09 Å². The molecule has 3 aliphatic rings. The fourth-order valence-corrected chi connectivity index (χ4v) is 6.64. The molecule has 1 saturated carbocycles. The van der Waals surface area contributed by atoms with Gasteiger partial charge in [0, 0.05) is 31.0 Å². The lowest BCUT2D eigenvalue weighted by atomic mass is 9.83. The molecule has 2 aliphatic heterocycles. The maximum Gasteiger partial charge on any atom is 0.407 e. The number of aldehydes is 1. The van der Waals surface area contributed by atoms with Crippen molar-refractivity contribution < 1.29 is 28.6 Å². The number of carbonyl (C=O) groups excluding carboxylic acids is 3. The van der Waals surface area contributed by atoms with Crippen LogP contribution in [0.4, 0.5) is 10.6 Å². The van der Waals surface area contributed by atoms with Gasteiger partial charge in [-0.2, -0.15) is 0 Å². The first kappa shape index (κ1) is 29.9. The van der Waals surface area contributed by atoms with E-state index in [1.54, 1.807) is 19.1 Å². The number of carbonyl (C=O) groups is 3. The van der Waals surface area contributed by atoms with Gasteiger partial charge in [-0.25, -0.2) is 9.78 Å². The number of nitrogens with one attached hydrogen (secondary N) is 2. The van der Waals surface area contributed by atoms with E-state index in [-0.39, 0.29) is 30.4 Å². The lowest BCUT2D eigenvalue weighted by Gasteiger charge is -2.34.